The second-order valence-corrected chi connectivity index (χ2v) is 4.76. The molecule has 0 aromatic heterocycles. The van der Waals surface area contributed by atoms with Crippen LogP contribution in [0.4, 0.5) is 4.39 Å². The van der Waals surface area contributed by atoms with Gasteiger partial charge in [0.15, 0.2) is 0 Å². The number of Topliss-reactive ketones (excluding diaryl/α,β-unsaturated/α-hetero) is 1. The molecular weight excluding hydrogens is 227 g/mol. The summed E-state index contributed by atoms with van der Waals surface area (Å²) in [5, 5.41) is 0. The Morgan fingerprint density at radius 1 is 1.50 bits per heavy atom. The summed E-state index contributed by atoms with van der Waals surface area (Å²) < 4.78 is 18.4. The number of carbonyl (C=O) groups is 1. The summed E-state index contributed by atoms with van der Waals surface area (Å²) in [6.07, 6.45) is 0.802. The topological polar surface area (TPSA) is 26.3 Å². The molecule has 1 aliphatic rings. The van der Waals surface area contributed by atoms with E-state index in [0.29, 0.717) is 23.9 Å². The van der Waals surface area contributed by atoms with E-state index in [4.69, 9.17) is 4.74 Å². The first kappa shape index (κ1) is 11.6. The molecule has 1 unspecified atom stereocenters. The van der Waals surface area contributed by atoms with Crippen molar-refractivity contribution < 1.29 is 13.9 Å². The number of halogens is 1. The average Bonchev–Trinajstić information content (AvgIpc) is 2.81. The lowest BCUT2D eigenvalue weighted by Crippen LogP contribution is -2.16. The zero-order valence-corrected chi connectivity index (χ0v) is 9.63. The van der Waals surface area contributed by atoms with Crippen molar-refractivity contribution in [2.75, 3.05) is 19.0 Å². The predicted molar refractivity (Wildman–Crippen MR) is 61.1 cm³/mol. The van der Waals surface area contributed by atoms with Gasteiger partial charge in [-0.2, -0.15) is 0 Å². The van der Waals surface area contributed by atoms with Crippen LogP contribution in [-0.2, 0) is 9.53 Å². The van der Waals surface area contributed by atoms with E-state index in [-0.39, 0.29) is 17.5 Å². The van der Waals surface area contributed by atoms with E-state index in [1.54, 1.807) is 18.2 Å². The molecule has 0 saturated carbocycles. The minimum absolute atomic E-state index is 0.0132. The molecule has 1 aromatic rings. The first-order valence-electron chi connectivity index (χ1n) is 5.25. The maximum atomic E-state index is 13.3. The largest absolute Gasteiger partial charge is 0.381 e. The lowest BCUT2D eigenvalue weighted by molar-refractivity contribution is -0.120. The van der Waals surface area contributed by atoms with E-state index >= 15 is 0 Å². The van der Waals surface area contributed by atoms with Crippen molar-refractivity contribution in [1.29, 1.82) is 0 Å². The van der Waals surface area contributed by atoms with E-state index in [1.807, 2.05) is 0 Å². The maximum absolute atomic E-state index is 13.3. The summed E-state index contributed by atoms with van der Waals surface area (Å²) in [5.74, 6) is 0.239. The highest BCUT2D eigenvalue weighted by Crippen LogP contribution is 2.23. The third kappa shape index (κ3) is 2.83. The van der Waals surface area contributed by atoms with Crippen molar-refractivity contribution >= 4 is 17.5 Å². The first-order chi connectivity index (χ1) is 7.77. The molecule has 4 heteroatoms. The van der Waals surface area contributed by atoms with Crippen LogP contribution in [-0.4, -0.2) is 24.7 Å². The van der Waals surface area contributed by atoms with Crippen LogP contribution in [0.15, 0.2) is 29.2 Å². The molecule has 1 saturated heterocycles. The summed E-state index contributed by atoms with van der Waals surface area (Å²) in [6.45, 7) is 1.19. The SMILES string of the molecule is O=C(CSc1ccccc1F)C1CCOC1. The Balaban J connectivity index is 1.87. The normalized spacial score (nSPS) is 19.9. The minimum atomic E-state index is -0.261. The number of ketones is 1. The van der Waals surface area contributed by atoms with Gasteiger partial charge in [0.05, 0.1) is 12.4 Å². The third-order valence-electron chi connectivity index (χ3n) is 2.59. The van der Waals surface area contributed by atoms with E-state index in [0.717, 1.165) is 6.42 Å². The molecule has 1 heterocycles. The average molecular weight is 240 g/mol. The second kappa shape index (κ2) is 5.46. The molecule has 2 rings (SSSR count). The van der Waals surface area contributed by atoms with Crippen LogP contribution in [0.1, 0.15) is 6.42 Å². The number of ether oxygens (including phenoxy) is 1. The quantitative estimate of drug-likeness (QED) is 0.756. The molecule has 1 fully saturated rings. The molecule has 1 aliphatic heterocycles. The fourth-order valence-electron chi connectivity index (χ4n) is 1.62. The molecule has 1 aromatic carbocycles. The highest BCUT2D eigenvalue weighted by Gasteiger charge is 2.23. The van der Waals surface area contributed by atoms with E-state index in [1.165, 1.54) is 17.8 Å². The molecule has 2 nitrogen and oxygen atoms in total. The van der Waals surface area contributed by atoms with Crippen molar-refractivity contribution in [1.82, 2.24) is 0 Å². The van der Waals surface area contributed by atoms with Gasteiger partial charge in [0.1, 0.15) is 11.6 Å². The highest BCUT2D eigenvalue weighted by molar-refractivity contribution is 8.00. The standard InChI is InChI=1S/C12H13FO2S/c13-10-3-1-2-4-12(10)16-8-11(14)9-5-6-15-7-9/h1-4,9H,5-8H2. The zero-order valence-electron chi connectivity index (χ0n) is 8.82. The van der Waals surface area contributed by atoms with E-state index < -0.39 is 0 Å². The summed E-state index contributed by atoms with van der Waals surface area (Å²) in [6, 6.07) is 6.52. The number of thioether (sulfide) groups is 1. The molecule has 16 heavy (non-hydrogen) atoms. The van der Waals surface area contributed by atoms with Crippen molar-refractivity contribution in [2.45, 2.75) is 11.3 Å². The maximum Gasteiger partial charge on any atom is 0.148 e. The van der Waals surface area contributed by atoms with Gasteiger partial charge in [-0.25, -0.2) is 4.39 Å². The second-order valence-electron chi connectivity index (χ2n) is 3.75. The van der Waals surface area contributed by atoms with Crippen LogP contribution in [0, 0.1) is 11.7 Å². The fourth-order valence-corrected chi connectivity index (χ4v) is 2.53. The lowest BCUT2D eigenvalue weighted by Gasteiger charge is -2.06. The Hall–Kier alpha value is -0.870. The van der Waals surface area contributed by atoms with Gasteiger partial charge in [0.2, 0.25) is 0 Å². The summed E-state index contributed by atoms with van der Waals surface area (Å²) in [5.41, 5.74) is 0. The van der Waals surface area contributed by atoms with Crippen molar-refractivity contribution in [3.05, 3.63) is 30.1 Å². The predicted octanol–water partition coefficient (Wildman–Crippen LogP) is 2.52. The van der Waals surface area contributed by atoms with Crippen LogP contribution in [0.2, 0.25) is 0 Å². The van der Waals surface area contributed by atoms with E-state index in [9.17, 15) is 9.18 Å². The molecule has 0 bridgehead atoms. The minimum Gasteiger partial charge on any atom is -0.381 e. The molecule has 0 amide bonds. The number of benzene rings is 1. The molecule has 1 atom stereocenters. The van der Waals surface area contributed by atoms with Crippen molar-refractivity contribution in [2.24, 2.45) is 5.92 Å². The highest BCUT2D eigenvalue weighted by atomic mass is 32.2. The van der Waals surface area contributed by atoms with Gasteiger partial charge in [0.25, 0.3) is 0 Å². The Labute approximate surface area is 98.2 Å². The van der Waals surface area contributed by atoms with Gasteiger partial charge in [0, 0.05) is 17.4 Å². The van der Waals surface area contributed by atoms with Crippen molar-refractivity contribution in [3.8, 4) is 0 Å². The van der Waals surface area contributed by atoms with Gasteiger partial charge < -0.3 is 4.74 Å². The smallest absolute Gasteiger partial charge is 0.148 e. The summed E-state index contributed by atoms with van der Waals surface area (Å²) in [4.78, 5) is 12.2. The Morgan fingerprint density at radius 2 is 2.31 bits per heavy atom. The van der Waals surface area contributed by atoms with Crippen LogP contribution in [0.3, 0.4) is 0 Å². The molecule has 86 valence electrons. The molecule has 0 aliphatic carbocycles. The Morgan fingerprint density at radius 3 is 3.00 bits per heavy atom. The fraction of sp³-hybridized carbons (Fsp3) is 0.417. The number of hydrogen-bond acceptors (Lipinski definition) is 3. The van der Waals surface area contributed by atoms with Gasteiger partial charge in [-0.3, -0.25) is 4.79 Å². The number of carbonyl (C=O) groups excluding carboxylic acids is 1. The van der Waals surface area contributed by atoms with Gasteiger partial charge >= 0.3 is 0 Å². The molecule has 0 radical (unpaired) electrons. The Bertz CT molecular complexity index is 375. The summed E-state index contributed by atoms with van der Waals surface area (Å²) >= 11 is 1.26. The summed E-state index contributed by atoms with van der Waals surface area (Å²) in [7, 11) is 0. The van der Waals surface area contributed by atoms with Crippen LogP contribution in [0.25, 0.3) is 0 Å². The van der Waals surface area contributed by atoms with Crippen LogP contribution in [0.5, 0.6) is 0 Å². The zero-order chi connectivity index (χ0) is 11.4. The molecule has 0 spiro atoms. The third-order valence-corrected chi connectivity index (χ3v) is 3.66. The van der Waals surface area contributed by atoms with Crippen LogP contribution >= 0.6 is 11.8 Å². The monoisotopic (exact) mass is 240 g/mol. The first-order valence-corrected chi connectivity index (χ1v) is 6.23. The van der Waals surface area contributed by atoms with Gasteiger partial charge in [-0.1, -0.05) is 12.1 Å². The Kier molecular flexibility index (Phi) is 3.96. The van der Waals surface area contributed by atoms with E-state index in [2.05, 4.69) is 0 Å². The lowest BCUT2D eigenvalue weighted by atomic mass is 10.1. The van der Waals surface area contributed by atoms with Gasteiger partial charge in [-0.05, 0) is 18.6 Å². The van der Waals surface area contributed by atoms with Crippen LogP contribution < -0.4 is 0 Å². The number of rotatable bonds is 4. The number of hydrogen-bond donors (Lipinski definition) is 0. The molecular formula is C12H13FO2S. The molecule has 0 N–H and O–H groups in total. The van der Waals surface area contributed by atoms with Gasteiger partial charge in [-0.15, -0.1) is 11.8 Å². The van der Waals surface area contributed by atoms with Crippen molar-refractivity contribution in [3.63, 3.8) is 0 Å².